The molecule has 0 amide bonds. The van der Waals surface area contributed by atoms with Crippen molar-refractivity contribution >= 4 is 5.78 Å². The molecule has 0 aromatic rings. The zero-order valence-corrected chi connectivity index (χ0v) is 16.4. The predicted octanol–water partition coefficient (Wildman–Crippen LogP) is 6.18. The van der Waals surface area contributed by atoms with Gasteiger partial charge in [-0.25, -0.2) is 0 Å². The number of Topliss-reactive ketones (excluding diaryl/α,β-unsaturated/α-hetero) is 1. The molecule has 0 spiro atoms. The first-order chi connectivity index (χ1) is 12.8. The highest BCUT2D eigenvalue weighted by atomic mass is 16.1. The van der Waals surface area contributed by atoms with Crippen LogP contribution in [0.5, 0.6) is 0 Å². The summed E-state index contributed by atoms with van der Waals surface area (Å²) in [6.45, 7) is 0. The molecule has 0 radical (unpaired) electrons. The highest BCUT2D eigenvalue weighted by Crippen LogP contribution is 2.60. The fourth-order valence-corrected chi connectivity index (χ4v) is 9.12. The molecule has 1 nitrogen and oxygen atoms in total. The van der Waals surface area contributed by atoms with Gasteiger partial charge in [0.25, 0.3) is 0 Å². The molecule has 6 rings (SSSR count). The van der Waals surface area contributed by atoms with Gasteiger partial charge < -0.3 is 0 Å². The van der Waals surface area contributed by atoms with E-state index in [2.05, 4.69) is 6.08 Å². The minimum absolute atomic E-state index is 0.347. The van der Waals surface area contributed by atoms with Crippen LogP contribution < -0.4 is 0 Å². The molecule has 1 heteroatoms. The summed E-state index contributed by atoms with van der Waals surface area (Å²) < 4.78 is 0. The number of ketones is 1. The first-order valence-electron chi connectivity index (χ1n) is 12.1. The van der Waals surface area contributed by atoms with Crippen LogP contribution in [0, 0.1) is 53.3 Å². The van der Waals surface area contributed by atoms with Crippen LogP contribution in [0.3, 0.4) is 0 Å². The Kier molecular flexibility index (Phi) is 3.91. The molecule has 0 heterocycles. The van der Waals surface area contributed by atoms with Crippen molar-refractivity contribution in [2.24, 2.45) is 53.3 Å². The highest BCUT2D eigenvalue weighted by Gasteiger charge is 2.54. The zero-order valence-electron chi connectivity index (χ0n) is 16.4. The summed E-state index contributed by atoms with van der Waals surface area (Å²) >= 11 is 0. The van der Waals surface area contributed by atoms with Gasteiger partial charge in [0.15, 0.2) is 0 Å². The van der Waals surface area contributed by atoms with Gasteiger partial charge in [-0.2, -0.15) is 0 Å². The first-order valence-corrected chi connectivity index (χ1v) is 12.1. The van der Waals surface area contributed by atoms with Gasteiger partial charge in [0, 0.05) is 11.8 Å². The number of carbonyl (C=O) groups is 1. The Morgan fingerprint density at radius 3 is 2.38 bits per heavy atom. The lowest BCUT2D eigenvalue weighted by Gasteiger charge is -2.56. The maximum absolute atomic E-state index is 13.7. The van der Waals surface area contributed by atoms with Crippen molar-refractivity contribution in [2.75, 3.05) is 0 Å². The molecule has 0 aromatic carbocycles. The number of fused-ring (bicyclic) bond motifs is 5. The molecule has 6 aliphatic rings. The molecule has 0 aliphatic heterocycles. The number of rotatable bonds is 0. The SMILES string of the molecule is O=C1C2CC3CCCC4CCCC(C2=CC2C1CCC1CCCCC12)C43. The third kappa shape index (κ3) is 2.31. The topological polar surface area (TPSA) is 17.1 Å². The molecule has 142 valence electrons. The number of hydrogen-bond acceptors (Lipinski definition) is 1. The highest BCUT2D eigenvalue weighted by molar-refractivity contribution is 5.88. The normalized spacial score (nSPS) is 52.8. The smallest absolute Gasteiger partial charge is 0.143 e. The predicted molar refractivity (Wildman–Crippen MR) is 105 cm³/mol. The summed E-state index contributed by atoms with van der Waals surface area (Å²) in [7, 11) is 0. The number of allylic oxidation sites excluding steroid dienone is 2. The van der Waals surface area contributed by atoms with Gasteiger partial charge in [0.1, 0.15) is 5.78 Å². The fraction of sp³-hybridized carbons (Fsp3) is 0.880. The Hall–Kier alpha value is -0.590. The molecular weight excluding hydrogens is 316 g/mol. The van der Waals surface area contributed by atoms with Crippen molar-refractivity contribution in [2.45, 2.75) is 83.5 Å². The summed E-state index contributed by atoms with van der Waals surface area (Å²) in [4.78, 5) is 13.7. The lowest BCUT2D eigenvalue weighted by Crippen LogP contribution is -2.51. The minimum atomic E-state index is 0.347. The van der Waals surface area contributed by atoms with Crippen molar-refractivity contribution in [3.05, 3.63) is 11.6 Å². The standard InChI is InChI=1S/C25H36O/c26-25-20-12-11-15-5-1-2-9-18(15)21(20)14-22-19-10-4-7-16-6-3-8-17(24(16)19)13-23(22)25/h14-21,23-24H,1-13H2. The first kappa shape index (κ1) is 16.4. The van der Waals surface area contributed by atoms with Gasteiger partial charge in [0.05, 0.1) is 0 Å². The summed E-state index contributed by atoms with van der Waals surface area (Å²) in [5.74, 6) is 7.52. The fourth-order valence-electron chi connectivity index (χ4n) is 9.12. The van der Waals surface area contributed by atoms with Crippen molar-refractivity contribution in [1.29, 1.82) is 0 Å². The van der Waals surface area contributed by atoms with E-state index in [0.29, 0.717) is 23.5 Å². The molecule has 5 saturated carbocycles. The van der Waals surface area contributed by atoms with Crippen LogP contribution in [0.15, 0.2) is 11.6 Å². The lowest BCUT2D eigenvalue weighted by molar-refractivity contribution is -0.134. The Morgan fingerprint density at radius 1 is 0.692 bits per heavy atom. The van der Waals surface area contributed by atoms with Gasteiger partial charge in [0.2, 0.25) is 0 Å². The van der Waals surface area contributed by atoms with Gasteiger partial charge in [-0.3, -0.25) is 4.79 Å². The van der Waals surface area contributed by atoms with Crippen molar-refractivity contribution in [1.82, 2.24) is 0 Å². The summed E-state index contributed by atoms with van der Waals surface area (Å²) in [6.07, 6.45) is 21.0. The van der Waals surface area contributed by atoms with Crippen LogP contribution >= 0.6 is 0 Å². The summed E-state index contributed by atoms with van der Waals surface area (Å²) in [5.41, 5.74) is 1.69. The largest absolute Gasteiger partial charge is 0.299 e. The third-order valence-electron chi connectivity index (χ3n) is 10.0. The van der Waals surface area contributed by atoms with Gasteiger partial charge in [-0.1, -0.05) is 63.0 Å². The van der Waals surface area contributed by atoms with Crippen LogP contribution in [0.2, 0.25) is 0 Å². The van der Waals surface area contributed by atoms with Crippen molar-refractivity contribution in [3.8, 4) is 0 Å². The monoisotopic (exact) mass is 352 g/mol. The summed E-state index contributed by atoms with van der Waals surface area (Å²) in [6, 6.07) is 0. The minimum Gasteiger partial charge on any atom is -0.299 e. The van der Waals surface area contributed by atoms with Gasteiger partial charge in [-0.05, 0) is 73.5 Å². The van der Waals surface area contributed by atoms with Crippen molar-refractivity contribution in [3.63, 3.8) is 0 Å². The van der Waals surface area contributed by atoms with E-state index in [-0.39, 0.29) is 0 Å². The number of hydrogen-bond donors (Lipinski definition) is 0. The maximum Gasteiger partial charge on any atom is 0.143 e. The van der Waals surface area contributed by atoms with Crippen molar-refractivity contribution < 1.29 is 4.79 Å². The molecule has 0 bridgehead atoms. The molecule has 9 atom stereocenters. The van der Waals surface area contributed by atoms with E-state index < -0.39 is 0 Å². The van der Waals surface area contributed by atoms with Crippen LogP contribution in [-0.4, -0.2) is 5.78 Å². The molecule has 0 aromatic heterocycles. The quantitative estimate of drug-likeness (QED) is 0.476. The Bertz CT molecular complexity index is 616. The van der Waals surface area contributed by atoms with E-state index in [0.717, 1.165) is 35.5 Å². The maximum atomic E-state index is 13.7. The van der Waals surface area contributed by atoms with Crippen LogP contribution in [0.25, 0.3) is 0 Å². The second-order valence-electron chi connectivity index (χ2n) is 10.9. The molecule has 0 saturated heterocycles. The molecule has 6 aliphatic carbocycles. The average molecular weight is 353 g/mol. The van der Waals surface area contributed by atoms with Crippen LogP contribution in [0.4, 0.5) is 0 Å². The molecule has 0 N–H and O–H groups in total. The Morgan fingerprint density at radius 2 is 1.46 bits per heavy atom. The molecule has 5 fully saturated rings. The van der Waals surface area contributed by atoms with Gasteiger partial charge >= 0.3 is 0 Å². The van der Waals surface area contributed by atoms with Gasteiger partial charge in [-0.15, -0.1) is 0 Å². The average Bonchev–Trinajstić information content (AvgIpc) is 2.69. The molecule has 26 heavy (non-hydrogen) atoms. The Labute approximate surface area is 159 Å². The van der Waals surface area contributed by atoms with E-state index in [1.807, 2.05) is 0 Å². The molecule has 9 unspecified atom stereocenters. The van der Waals surface area contributed by atoms with E-state index in [4.69, 9.17) is 0 Å². The second-order valence-corrected chi connectivity index (χ2v) is 10.9. The Balaban J connectivity index is 1.39. The van der Waals surface area contributed by atoms with E-state index in [1.54, 1.807) is 5.57 Å². The van der Waals surface area contributed by atoms with E-state index in [9.17, 15) is 4.79 Å². The lowest BCUT2D eigenvalue weighted by atomic mass is 9.48. The third-order valence-corrected chi connectivity index (χ3v) is 10.0. The van der Waals surface area contributed by atoms with E-state index in [1.165, 1.54) is 83.5 Å². The molecular formula is C25H36O. The number of carbonyl (C=O) groups excluding carboxylic acids is 1. The van der Waals surface area contributed by atoms with Crippen LogP contribution in [-0.2, 0) is 4.79 Å². The van der Waals surface area contributed by atoms with Crippen LogP contribution in [0.1, 0.15) is 83.5 Å². The second kappa shape index (κ2) is 6.21. The van der Waals surface area contributed by atoms with E-state index >= 15 is 0 Å². The zero-order chi connectivity index (χ0) is 17.3. The summed E-state index contributed by atoms with van der Waals surface area (Å²) in [5, 5.41) is 0.